The van der Waals surface area contributed by atoms with Gasteiger partial charge in [-0.05, 0) is 24.6 Å². The van der Waals surface area contributed by atoms with Crippen LogP contribution in [0.25, 0.3) is 0 Å². The minimum atomic E-state index is -1.01. The minimum Gasteiger partial charge on any atom is -0.478 e. The number of aliphatic carboxylic acids is 1. The summed E-state index contributed by atoms with van der Waals surface area (Å²) < 4.78 is 12.7. The molecule has 1 atom stereocenters. The van der Waals surface area contributed by atoms with Gasteiger partial charge in [-0.2, -0.15) is 0 Å². The van der Waals surface area contributed by atoms with E-state index in [1.165, 1.54) is 12.1 Å². The fraction of sp³-hybridized carbons (Fsp3) is 0.250. The smallest absolute Gasteiger partial charge is 0.332 e. The predicted octanol–water partition coefficient (Wildman–Crippen LogP) is 2.12. The molecular weight excluding hydrogens is 209 g/mol. The highest BCUT2D eigenvalue weighted by atomic mass is 19.1. The van der Waals surface area contributed by atoms with Gasteiger partial charge >= 0.3 is 5.97 Å². The first kappa shape index (κ1) is 12.4. The van der Waals surface area contributed by atoms with E-state index in [1.54, 1.807) is 12.1 Å². The van der Waals surface area contributed by atoms with Crippen LogP contribution in [0.2, 0.25) is 0 Å². The van der Waals surface area contributed by atoms with Crippen molar-refractivity contribution >= 4 is 5.97 Å². The number of carboxylic acid groups (broad SMARTS) is 1. The molecule has 0 aliphatic heterocycles. The SMILES string of the molecule is C=C(CN[C@@H](C)c1ccc(F)cc1)C(=O)O. The van der Waals surface area contributed by atoms with Crippen LogP contribution in [0.15, 0.2) is 36.4 Å². The molecule has 0 heterocycles. The Hall–Kier alpha value is -1.68. The Kier molecular flexibility index (Phi) is 4.19. The van der Waals surface area contributed by atoms with Gasteiger partial charge in [0, 0.05) is 18.2 Å². The van der Waals surface area contributed by atoms with Gasteiger partial charge in [0.1, 0.15) is 5.82 Å². The molecule has 0 aliphatic rings. The average molecular weight is 223 g/mol. The molecule has 1 rings (SSSR count). The maximum atomic E-state index is 12.7. The summed E-state index contributed by atoms with van der Waals surface area (Å²) in [6, 6.07) is 6.03. The third-order valence-corrected chi connectivity index (χ3v) is 2.29. The van der Waals surface area contributed by atoms with Crippen molar-refractivity contribution < 1.29 is 14.3 Å². The van der Waals surface area contributed by atoms with E-state index in [0.29, 0.717) is 0 Å². The van der Waals surface area contributed by atoms with Crippen LogP contribution in [-0.4, -0.2) is 17.6 Å². The third-order valence-electron chi connectivity index (χ3n) is 2.29. The summed E-state index contributed by atoms with van der Waals surface area (Å²) >= 11 is 0. The summed E-state index contributed by atoms with van der Waals surface area (Å²) in [7, 11) is 0. The van der Waals surface area contributed by atoms with Crippen molar-refractivity contribution in [3.8, 4) is 0 Å². The van der Waals surface area contributed by atoms with Gasteiger partial charge in [0.25, 0.3) is 0 Å². The van der Waals surface area contributed by atoms with Crippen molar-refractivity contribution in [1.82, 2.24) is 5.32 Å². The summed E-state index contributed by atoms with van der Waals surface area (Å²) in [5.74, 6) is -1.30. The zero-order valence-electron chi connectivity index (χ0n) is 9.03. The van der Waals surface area contributed by atoms with Crippen LogP contribution in [0.5, 0.6) is 0 Å². The van der Waals surface area contributed by atoms with Crippen molar-refractivity contribution in [2.24, 2.45) is 0 Å². The summed E-state index contributed by atoms with van der Waals surface area (Å²) in [5, 5.41) is 11.6. The molecule has 0 saturated heterocycles. The van der Waals surface area contributed by atoms with E-state index in [-0.39, 0.29) is 24.0 Å². The predicted molar refractivity (Wildman–Crippen MR) is 59.6 cm³/mol. The molecule has 4 heteroatoms. The summed E-state index contributed by atoms with van der Waals surface area (Å²) in [5.41, 5.74) is 1.01. The van der Waals surface area contributed by atoms with E-state index in [1.807, 2.05) is 6.92 Å². The molecule has 86 valence electrons. The van der Waals surface area contributed by atoms with E-state index < -0.39 is 5.97 Å². The van der Waals surface area contributed by atoms with Gasteiger partial charge in [-0.3, -0.25) is 0 Å². The fourth-order valence-corrected chi connectivity index (χ4v) is 1.22. The molecule has 3 nitrogen and oxygen atoms in total. The largest absolute Gasteiger partial charge is 0.478 e. The van der Waals surface area contributed by atoms with Crippen LogP contribution in [0.3, 0.4) is 0 Å². The van der Waals surface area contributed by atoms with Crippen molar-refractivity contribution in [2.75, 3.05) is 6.54 Å². The number of halogens is 1. The quantitative estimate of drug-likeness (QED) is 0.752. The van der Waals surface area contributed by atoms with Crippen molar-refractivity contribution in [1.29, 1.82) is 0 Å². The number of hydrogen-bond donors (Lipinski definition) is 2. The zero-order valence-corrected chi connectivity index (χ0v) is 9.03. The number of nitrogens with one attached hydrogen (secondary N) is 1. The maximum absolute atomic E-state index is 12.7. The standard InChI is InChI=1S/C12H14FNO2/c1-8(12(15)16)7-14-9(2)10-3-5-11(13)6-4-10/h3-6,9,14H,1,7H2,2H3,(H,15,16)/t9-/m0/s1. The highest BCUT2D eigenvalue weighted by Crippen LogP contribution is 2.12. The molecule has 16 heavy (non-hydrogen) atoms. The van der Waals surface area contributed by atoms with Gasteiger partial charge in [0.15, 0.2) is 0 Å². The Labute approximate surface area is 93.6 Å². The van der Waals surface area contributed by atoms with Gasteiger partial charge in [-0.15, -0.1) is 0 Å². The van der Waals surface area contributed by atoms with Crippen LogP contribution < -0.4 is 5.32 Å². The lowest BCUT2D eigenvalue weighted by Gasteiger charge is -2.13. The van der Waals surface area contributed by atoms with E-state index in [2.05, 4.69) is 11.9 Å². The molecule has 1 aromatic carbocycles. The number of carboxylic acids is 1. The minimum absolute atomic E-state index is 0.0447. The van der Waals surface area contributed by atoms with E-state index in [0.717, 1.165) is 5.56 Å². The molecule has 0 amide bonds. The second-order valence-corrected chi connectivity index (χ2v) is 3.56. The molecule has 0 saturated carbocycles. The average Bonchev–Trinajstić information content (AvgIpc) is 2.26. The lowest BCUT2D eigenvalue weighted by atomic mass is 10.1. The van der Waals surface area contributed by atoms with Crippen LogP contribution in [0, 0.1) is 5.82 Å². The Morgan fingerprint density at radius 3 is 2.56 bits per heavy atom. The normalized spacial score (nSPS) is 12.1. The highest BCUT2D eigenvalue weighted by Gasteiger charge is 2.08. The van der Waals surface area contributed by atoms with E-state index in [9.17, 15) is 9.18 Å². The summed E-state index contributed by atoms with van der Waals surface area (Å²) in [6.07, 6.45) is 0. The van der Waals surface area contributed by atoms with E-state index >= 15 is 0 Å². The van der Waals surface area contributed by atoms with E-state index in [4.69, 9.17) is 5.11 Å². The first-order valence-electron chi connectivity index (χ1n) is 4.90. The maximum Gasteiger partial charge on any atom is 0.332 e. The number of benzene rings is 1. The Balaban J connectivity index is 2.52. The first-order chi connectivity index (χ1) is 7.50. The summed E-state index contributed by atoms with van der Waals surface area (Å²) in [4.78, 5) is 10.5. The van der Waals surface area contributed by atoms with Crippen LogP contribution in [-0.2, 0) is 4.79 Å². The molecule has 0 aliphatic carbocycles. The zero-order chi connectivity index (χ0) is 12.1. The van der Waals surface area contributed by atoms with Crippen LogP contribution in [0.1, 0.15) is 18.5 Å². The Morgan fingerprint density at radius 1 is 1.50 bits per heavy atom. The van der Waals surface area contributed by atoms with Crippen molar-refractivity contribution in [3.05, 3.63) is 47.8 Å². The molecule has 0 unspecified atom stereocenters. The first-order valence-corrected chi connectivity index (χ1v) is 4.90. The summed E-state index contributed by atoms with van der Waals surface area (Å²) in [6.45, 7) is 5.49. The molecule has 1 aromatic rings. The highest BCUT2D eigenvalue weighted by molar-refractivity contribution is 5.86. The number of hydrogen-bond acceptors (Lipinski definition) is 2. The third kappa shape index (κ3) is 3.47. The Bertz CT molecular complexity index is 387. The topological polar surface area (TPSA) is 49.3 Å². The van der Waals surface area contributed by atoms with Crippen LogP contribution in [0.4, 0.5) is 4.39 Å². The lowest BCUT2D eigenvalue weighted by Crippen LogP contribution is -2.23. The number of carbonyl (C=O) groups is 1. The van der Waals surface area contributed by atoms with Crippen LogP contribution >= 0.6 is 0 Å². The molecule has 0 bridgehead atoms. The monoisotopic (exact) mass is 223 g/mol. The number of rotatable bonds is 5. The molecule has 0 spiro atoms. The van der Waals surface area contributed by atoms with Crippen molar-refractivity contribution in [2.45, 2.75) is 13.0 Å². The molecular formula is C12H14FNO2. The molecule has 0 fully saturated rings. The fourth-order valence-electron chi connectivity index (χ4n) is 1.22. The van der Waals surface area contributed by atoms with Gasteiger partial charge in [0.2, 0.25) is 0 Å². The van der Waals surface area contributed by atoms with Gasteiger partial charge in [-0.25, -0.2) is 9.18 Å². The second kappa shape index (κ2) is 5.42. The lowest BCUT2D eigenvalue weighted by molar-refractivity contribution is -0.132. The molecule has 0 aromatic heterocycles. The molecule has 0 radical (unpaired) electrons. The van der Waals surface area contributed by atoms with Gasteiger partial charge in [-0.1, -0.05) is 18.7 Å². The van der Waals surface area contributed by atoms with Gasteiger partial charge < -0.3 is 10.4 Å². The second-order valence-electron chi connectivity index (χ2n) is 3.56. The molecule has 2 N–H and O–H groups in total. The van der Waals surface area contributed by atoms with Crippen molar-refractivity contribution in [3.63, 3.8) is 0 Å². The van der Waals surface area contributed by atoms with Gasteiger partial charge in [0.05, 0.1) is 0 Å². The Morgan fingerprint density at radius 2 is 2.06 bits per heavy atom.